The lowest BCUT2D eigenvalue weighted by molar-refractivity contribution is -0.133. The van der Waals surface area contributed by atoms with Crippen LogP contribution in [-0.4, -0.2) is 56.3 Å². The van der Waals surface area contributed by atoms with Crippen molar-refractivity contribution in [3.05, 3.63) is 48.3 Å². The highest BCUT2D eigenvalue weighted by Crippen LogP contribution is 2.32. The van der Waals surface area contributed by atoms with E-state index in [9.17, 15) is 17.6 Å². The largest absolute Gasteiger partial charge is 0.497 e. The number of fused-ring (bicyclic) bond motifs is 1. The lowest BCUT2D eigenvalue weighted by Crippen LogP contribution is -2.41. The Labute approximate surface area is 196 Å². The van der Waals surface area contributed by atoms with E-state index in [-0.39, 0.29) is 35.5 Å². The summed E-state index contributed by atoms with van der Waals surface area (Å²) in [6.07, 6.45) is 1.75. The predicted molar refractivity (Wildman–Crippen MR) is 124 cm³/mol. The molecular weight excluding hydrogens is 467 g/mol. The van der Waals surface area contributed by atoms with Gasteiger partial charge in [0, 0.05) is 38.4 Å². The number of hydrogen-bond donors (Lipinski definition) is 0. The number of carbonyl (C=O) groups is 1. The summed E-state index contributed by atoms with van der Waals surface area (Å²) in [7, 11) is -1.92. The zero-order valence-electron chi connectivity index (χ0n) is 18.2. The average Bonchev–Trinajstić information content (AvgIpc) is 3.21. The number of rotatable bonds is 8. The number of benzene rings is 2. The van der Waals surface area contributed by atoms with Crippen molar-refractivity contribution in [2.24, 2.45) is 0 Å². The first kappa shape index (κ1) is 23.4. The summed E-state index contributed by atoms with van der Waals surface area (Å²) < 4.78 is 50.0. The van der Waals surface area contributed by atoms with Crippen LogP contribution in [0, 0.1) is 5.82 Å². The predicted octanol–water partition coefficient (Wildman–Crippen LogP) is 4.07. The number of ether oxygens (including phenoxy) is 2. The van der Waals surface area contributed by atoms with E-state index >= 15 is 0 Å². The summed E-state index contributed by atoms with van der Waals surface area (Å²) >= 11 is 1.48. The third-order valence-corrected chi connectivity index (χ3v) is 8.36. The van der Waals surface area contributed by atoms with Crippen LogP contribution in [0.15, 0.2) is 47.4 Å². The number of methoxy groups -OCH3 is 1. The van der Waals surface area contributed by atoms with Crippen molar-refractivity contribution in [2.45, 2.75) is 36.7 Å². The molecule has 0 bridgehead atoms. The van der Waals surface area contributed by atoms with E-state index in [2.05, 4.69) is 4.98 Å². The second kappa shape index (κ2) is 10.0. The number of hydrogen-bond acceptors (Lipinski definition) is 7. The van der Waals surface area contributed by atoms with E-state index in [1.807, 2.05) is 18.2 Å². The van der Waals surface area contributed by atoms with Gasteiger partial charge in [-0.05, 0) is 42.8 Å². The zero-order chi connectivity index (χ0) is 23.4. The van der Waals surface area contributed by atoms with Gasteiger partial charge in [0.2, 0.25) is 5.91 Å². The minimum absolute atomic E-state index is 0.0182. The van der Waals surface area contributed by atoms with Crippen molar-refractivity contribution in [1.82, 2.24) is 9.88 Å². The highest BCUT2D eigenvalue weighted by atomic mass is 32.2. The highest BCUT2D eigenvalue weighted by molar-refractivity contribution is 7.91. The first-order valence-corrected chi connectivity index (χ1v) is 13.2. The van der Waals surface area contributed by atoms with Gasteiger partial charge in [-0.25, -0.2) is 17.8 Å². The van der Waals surface area contributed by atoms with E-state index in [0.29, 0.717) is 31.1 Å². The van der Waals surface area contributed by atoms with E-state index < -0.39 is 15.7 Å². The van der Waals surface area contributed by atoms with Gasteiger partial charge in [-0.15, -0.1) is 0 Å². The number of halogens is 1. The molecule has 0 unspecified atom stereocenters. The van der Waals surface area contributed by atoms with Crippen molar-refractivity contribution in [2.75, 3.05) is 26.0 Å². The molecule has 2 heterocycles. The Balaban J connectivity index is 1.23. The minimum Gasteiger partial charge on any atom is -0.497 e. The van der Waals surface area contributed by atoms with Crippen LogP contribution >= 0.6 is 11.3 Å². The molecule has 0 aliphatic carbocycles. The number of thiazole rings is 1. The van der Waals surface area contributed by atoms with Gasteiger partial charge in [0.15, 0.2) is 9.84 Å². The molecule has 1 aliphatic rings. The summed E-state index contributed by atoms with van der Waals surface area (Å²) in [5, 5.41) is 0.606. The second-order valence-electron chi connectivity index (χ2n) is 7.89. The standard InChI is InChI=1S/C23H25FN2O5S2/c1-30-18-6-9-21-20(15-18)25-23(32-21)31-17-10-12-26(13-11-17)22(27)3-2-14-33(28,29)19-7-4-16(24)5-8-19/h4-9,15,17H,2-3,10-14H2,1H3. The Morgan fingerprint density at radius 3 is 2.61 bits per heavy atom. The average molecular weight is 493 g/mol. The topological polar surface area (TPSA) is 85.8 Å². The molecule has 1 saturated heterocycles. The van der Waals surface area contributed by atoms with Crippen molar-refractivity contribution in [1.29, 1.82) is 0 Å². The van der Waals surface area contributed by atoms with Crippen molar-refractivity contribution < 1.29 is 27.1 Å². The summed E-state index contributed by atoms with van der Waals surface area (Å²) in [6.45, 7) is 1.12. The number of carbonyl (C=O) groups excluding carboxylic acids is 1. The van der Waals surface area contributed by atoms with Gasteiger partial charge in [-0.2, -0.15) is 0 Å². The third kappa shape index (κ3) is 5.80. The van der Waals surface area contributed by atoms with Crippen LogP contribution in [0.4, 0.5) is 4.39 Å². The molecule has 1 fully saturated rings. The van der Waals surface area contributed by atoms with Crippen molar-refractivity contribution >= 4 is 37.3 Å². The second-order valence-corrected chi connectivity index (χ2v) is 11.0. The Morgan fingerprint density at radius 1 is 1.18 bits per heavy atom. The number of likely N-dealkylation sites (tertiary alicyclic amines) is 1. The zero-order valence-corrected chi connectivity index (χ0v) is 19.8. The van der Waals surface area contributed by atoms with Crippen LogP contribution in [0.2, 0.25) is 0 Å². The van der Waals surface area contributed by atoms with Crippen LogP contribution in [0.3, 0.4) is 0 Å². The molecule has 3 aromatic rings. The van der Waals surface area contributed by atoms with Gasteiger partial charge in [0.05, 0.1) is 28.0 Å². The normalized spacial score (nSPS) is 15.0. The molecule has 1 aliphatic heterocycles. The molecule has 0 spiro atoms. The lowest BCUT2D eigenvalue weighted by atomic mass is 10.1. The maximum Gasteiger partial charge on any atom is 0.274 e. The molecule has 0 saturated carbocycles. The Kier molecular flexibility index (Phi) is 7.14. The molecule has 1 amide bonds. The van der Waals surface area contributed by atoms with Gasteiger partial charge < -0.3 is 14.4 Å². The van der Waals surface area contributed by atoms with Gasteiger partial charge in [-0.1, -0.05) is 11.3 Å². The number of piperidine rings is 1. The van der Waals surface area contributed by atoms with Crippen LogP contribution in [-0.2, 0) is 14.6 Å². The monoisotopic (exact) mass is 492 g/mol. The fraction of sp³-hybridized carbons (Fsp3) is 0.391. The maximum absolute atomic E-state index is 13.0. The summed E-state index contributed by atoms with van der Waals surface area (Å²) in [5.41, 5.74) is 0.831. The Bertz CT molecular complexity index is 1220. The molecule has 1 aromatic heterocycles. The van der Waals surface area contributed by atoms with E-state index in [0.717, 1.165) is 28.1 Å². The fourth-order valence-corrected chi connectivity index (χ4v) is 5.93. The molecule has 10 heteroatoms. The van der Waals surface area contributed by atoms with Crippen molar-refractivity contribution in [3.63, 3.8) is 0 Å². The summed E-state index contributed by atoms with van der Waals surface area (Å²) in [6, 6.07) is 10.5. The number of nitrogens with zero attached hydrogens (tertiary/aromatic N) is 2. The summed E-state index contributed by atoms with van der Waals surface area (Å²) in [4.78, 5) is 18.9. The molecular formula is C23H25FN2O5S2. The summed E-state index contributed by atoms with van der Waals surface area (Å²) in [5.74, 6) is 0.0538. The highest BCUT2D eigenvalue weighted by Gasteiger charge is 2.25. The molecule has 0 N–H and O–H groups in total. The smallest absolute Gasteiger partial charge is 0.274 e. The maximum atomic E-state index is 13.0. The number of aromatic nitrogens is 1. The van der Waals surface area contributed by atoms with Gasteiger partial charge >= 0.3 is 0 Å². The van der Waals surface area contributed by atoms with Gasteiger partial charge in [0.1, 0.15) is 17.7 Å². The van der Waals surface area contributed by atoms with Gasteiger partial charge in [0.25, 0.3) is 5.19 Å². The minimum atomic E-state index is -3.53. The van der Waals surface area contributed by atoms with Crippen LogP contribution in [0.5, 0.6) is 10.9 Å². The van der Waals surface area contributed by atoms with Gasteiger partial charge in [-0.3, -0.25) is 4.79 Å². The fourth-order valence-electron chi connectivity index (χ4n) is 3.76. The molecule has 33 heavy (non-hydrogen) atoms. The Hall–Kier alpha value is -2.72. The molecule has 7 nitrogen and oxygen atoms in total. The van der Waals surface area contributed by atoms with E-state index in [1.54, 1.807) is 12.0 Å². The number of amides is 1. The lowest BCUT2D eigenvalue weighted by Gasteiger charge is -2.31. The molecule has 176 valence electrons. The van der Waals surface area contributed by atoms with E-state index in [1.165, 1.54) is 23.5 Å². The van der Waals surface area contributed by atoms with E-state index in [4.69, 9.17) is 9.47 Å². The molecule has 4 rings (SSSR count). The Morgan fingerprint density at radius 2 is 1.91 bits per heavy atom. The van der Waals surface area contributed by atoms with Crippen molar-refractivity contribution in [3.8, 4) is 10.9 Å². The van der Waals surface area contributed by atoms with Crippen LogP contribution < -0.4 is 9.47 Å². The molecule has 0 atom stereocenters. The first-order valence-electron chi connectivity index (χ1n) is 10.7. The number of sulfone groups is 1. The molecule has 2 aromatic carbocycles. The molecule has 0 radical (unpaired) electrons. The van der Waals surface area contributed by atoms with Crippen LogP contribution in [0.1, 0.15) is 25.7 Å². The SMILES string of the molecule is COc1ccc2sc(OC3CCN(C(=O)CCCS(=O)(=O)c4ccc(F)cc4)CC3)nc2c1. The van der Waals surface area contributed by atoms with Crippen LogP contribution in [0.25, 0.3) is 10.2 Å². The quantitative estimate of drug-likeness (QED) is 0.441. The first-order chi connectivity index (χ1) is 15.8. The third-order valence-electron chi connectivity index (χ3n) is 5.61.